The van der Waals surface area contributed by atoms with Gasteiger partial charge in [-0.1, -0.05) is 50.1 Å². The molecule has 2 aromatic carbocycles. The minimum atomic E-state index is -1.59. The van der Waals surface area contributed by atoms with Crippen molar-refractivity contribution in [2.45, 2.75) is 114 Å². The van der Waals surface area contributed by atoms with E-state index in [2.05, 4.69) is 47.4 Å². The lowest BCUT2D eigenvalue weighted by molar-refractivity contribution is -0.393. The molecule has 29 nitrogen and oxygen atoms in total. The number of carbonyl (C=O) groups excluding carboxylic acids is 6. The number of nitro groups is 2. The molecular weight excluding hydrogens is 937 g/mol. The molecule has 0 saturated carbocycles. The SMILES string of the molecule is CCCC[C@H](NOCc1ccccc1)C(=O)N[C@@H](CNc1ccc([N+](=O)[O-])cc1[N+](=O)[O-])C(=O)N[C@@H](C)C(=O)N[C@H](CCCN=C(N)N)C(=O)N[C@H](CCC(=O)O)C(=O)N[C@H](CCCN=C(N)N)C(N)=O. The van der Waals surface area contributed by atoms with Crippen LogP contribution in [0, 0.1) is 20.2 Å². The molecule has 0 aliphatic rings. The van der Waals surface area contributed by atoms with Gasteiger partial charge < -0.3 is 65.7 Å². The van der Waals surface area contributed by atoms with Gasteiger partial charge >= 0.3 is 5.97 Å². The third kappa shape index (κ3) is 22.6. The highest BCUT2D eigenvalue weighted by Gasteiger charge is 2.33. The lowest BCUT2D eigenvalue weighted by Gasteiger charge is -2.26. The van der Waals surface area contributed by atoms with Crippen LogP contribution in [0.4, 0.5) is 17.1 Å². The summed E-state index contributed by atoms with van der Waals surface area (Å²) >= 11 is 0. The molecule has 0 unspecified atom stereocenters. The number of benzene rings is 2. The Bertz CT molecular complexity index is 2210. The first-order chi connectivity index (χ1) is 33.6. The van der Waals surface area contributed by atoms with E-state index < -0.39 is 118 Å². The number of carboxylic acid groups (broad SMARTS) is 1. The topological polar surface area (TPSA) is 474 Å². The number of guanidine groups is 2. The van der Waals surface area contributed by atoms with E-state index in [0.29, 0.717) is 18.9 Å². The van der Waals surface area contributed by atoms with Gasteiger partial charge in [0.05, 0.1) is 22.5 Å². The number of nitrogens with zero attached hydrogens (tertiary/aromatic N) is 4. The number of nitrogens with two attached hydrogens (primary N) is 5. The number of rotatable bonds is 34. The van der Waals surface area contributed by atoms with Crippen molar-refractivity contribution >= 4 is 70.4 Å². The highest BCUT2D eigenvalue weighted by atomic mass is 16.6. The van der Waals surface area contributed by atoms with Crippen molar-refractivity contribution in [3.8, 4) is 0 Å². The maximum absolute atomic E-state index is 14.0. The lowest BCUT2D eigenvalue weighted by Crippen LogP contribution is -2.59. The van der Waals surface area contributed by atoms with Gasteiger partial charge in [-0.2, -0.15) is 5.48 Å². The molecule has 0 saturated heterocycles. The standard InChI is InChI=1S/C42H64N16O13/c1-3-4-12-31(56-71-23-25-10-6-5-7-11-25)39(65)55-32(22-50-27-16-15-26(57(67)68)21-33(27)58(69)70)40(66)51-24(2)36(62)53-29(14-9-20-49-42(46)47)37(63)54-30(17-18-34(59)60)38(64)52-28(35(43)61)13-8-19-48-41(44)45/h5-7,10-11,15-16,21,24,28-32,50,56H,3-4,8-9,12-14,17-20,22-23H2,1-2H3,(H2,43,61)(H,51,66)(H,52,64)(H,53,62)(H,54,63)(H,55,65)(H,59,60)(H4,44,45,48)(H4,46,47,49)/t24-,28+,29+,30+,31-,32-/m0/s1. The maximum atomic E-state index is 14.0. The third-order valence-electron chi connectivity index (χ3n) is 10.2. The molecule has 390 valence electrons. The Hall–Kier alpha value is -8.21. The van der Waals surface area contributed by atoms with Crippen molar-refractivity contribution in [2.24, 2.45) is 38.7 Å². The fourth-order valence-corrected chi connectivity index (χ4v) is 6.40. The first kappa shape index (κ1) is 58.9. The summed E-state index contributed by atoms with van der Waals surface area (Å²) in [6.45, 7) is 2.70. The molecule has 6 amide bonds. The minimum absolute atomic E-state index is 0.0238. The number of hydrogen-bond donors (Lipinski definition) is 13. The van der Waals surface area contributed by atoms with Crippen molar-refractivity contribution in [1.29, 1.82) is 0 Å². The zero-order valence-electron chi connectivity index (χ0n) is 39.3. The number of aliphatic carboxylic acids is 1. The smallest absolute Gasteiger partial charge is 0.303 e. The predicted octanol–water partition coefficient (Wildman–Crippen LogP) is -1.90. The largest absolute Gasteiger partial charge is 0.481 e. The number of primary amides is 1. The van der Waals surface area contributed by atoms with E-state index >= 15 is 0 Å². The van der Waals surface area contributed by atoms with Gasteiger partial charge in [0.2, 0.25) is 35.4 Å². The molecule has 29 heteroatoms. The lowest BCUT2D eigenvalue weighted by atomic mass is 10.1. The highest BCUT2D eigenvalue weighted by Crippen LogP contribution is 2.29. The number of carbonyl (C=O) groups is 7. The van der Waals surface area contributed by atoms with Gasteiger partial charge in [0, 0.05) is 32.1 Å². The minimum Gasteiger partial charge on any atom is -0.481 e. The molecule has 0 bridgehead atoms. The van der Waals surface area contributed by atoms with Crippen LogP contribution in [0.3, 0.4) is 0 Å². The van der Waals surface area contributed by atoms with Crippen LogP contribution in [0.2, 0.25) is 0 Å². The summed E-state index contributed by atoms with van der Waals surface area (Å²) in [5, 5.41) is 47.6. The summed E-state index contributed by atoms with van der Waals surface area (Å²) in [6, 6.07) is 3.33. The number of hydrogen-bond acceptors (Lipinski definition) is 16. The van der Waals surface area contributed by atoms with Gasteiger partial charge in [-0.3, -0.25) is 68.6 Å². The quantitative estimate of drug-likeness (QED) is 0.0120. The molecule has 0 heterocycles. The molecule has 2 aromatic rings. The van der Waals surface area contributed by atoms with Crippen LogP contribution in [0.15, 0.2) is 58.5 Å². The van der Waals surface area contributed by atoms with E-state index in [-0.39, 0.29) is 69.4 Å². The van der Waals surface area contributed by atoms with Crippen molar-refractivity contribution in [1.82, 2.24) is 32.1 Å². The maximum Gasteiger partial charge on any atom is 0.303 e. The Balaban J connectivity index is 2.41. The van der Waals surface area contributed by atoms with Crippen LogP contribution in [0.1, 0.15) is 77.2 Å². The molecule has 0 aliphatic heterocycles. The third-order valence-corrected chi connectivity index (χ3v) is 10.2. The molecule has 71 heavy (non-hydrogen) atoms. The van der Waals surface area contributed by atoms with Gasteiger partial charge in [-0.25, -0.2) is 0 Å². The van der Waals surface area contributed by atoms with Crippen LogP contribution in [-0.2, 0) is 45.0 Å². The zero-order chi connectivity index (χ0) is 53.0. The number of unbranched alkanes of at least 4 members (excludes halogenated alkanes) is 1. The Morgan fingerprint density at radius 3 is 1.73 bits per heavy atom. The Morgan fingerprint density at radius 1 is 0.662 bits per heavy atom. The summed E-state index contributed by atoms with van der Waals surface area (Å²) in [6.07, 6.45) is 0.441. The summed E-state index contributed by atoms with van der Waals surface area (Å²) in [5.41, 5.74) is 29.0. The first-order valence-corrected chi connectivity index (χ1v) is 22.3. The van der Waals surface area contributed by atoms with Crippen molar-refractivity contribution < 1.29 is 53.4 Å². The summed E-state index contributed by atoms with van der Waals surface area (Å²) in [5.74, 6) is -7.43. The van der Waals surface area contributed by atoms with Crippen molar-refractivity contribution in [3.05, 3.63) is 74.3 Å². The van der Waals surface area contributed by atoms with Gasteiger partial charge in [-0.05, 0) is 57.1 Å². The molecule has 0 fully saturated rings. The van der Waals surface area contributed by atoms with E-state index in [1.807, 2.05) is 13.0 Å². The fraction of sp³-hybridized carbons (Fsp3) is 0.500. The van der Waals surface area contributed by atoms with Crippen LogP contribution >= 0.6 is 0 Å². The predicted molar refractivity (Wildman–Crippen MR) is 257 cm³/mol. The molecule has 0 radical (unpaired) electrons. The van der Waals surface area contributed by atoms with E-state index in [0.717, 1.165) is 17.7 Å². The number of anilines is 1. The number of nitro benzene ring substituents is 2. The first-order valence-electron chi connectivity index (χ1n) is 22.3. The Morgan fingerprint density at radius 2 is 1.18 bits per heavy atom. The van der Waals surface area contributed by atoms with E-state index in [1.54, 1.807) is 24.3 Å². The second-order valence-corrected chi connectivity index (χ2v) is 15.9. The van der Waals surface area contributed by atoms with Crippen molar-refractivity contribution in [2.75, 3.05) is 25.0 Å². The molecule has 0 aromatic heterocycles. The van der Waals surface area contributed by atoms with Crippen LogP contribution in [0.5, 0.6) is 0 Å². The number of nitrogens with one attached hydrogen (secondary N) is 7. The summed E-state index contributed by atoms with van der Waals surface area (Å²) < 4.78 is 0. The summed E-state index contributed by atoms with van der Waals surface area (Å²) in [7, 11) is 0. The normalized spacial score (nSPS) is 13.3. The van der Waals surface area contributed by atoms with Crippen LogP contribution in [0.25, 0.3) is 0 Å². The van der Waals surface area contributed by atoms with Crippen molar-refractivity contribution in [3.63, 3.8) is 0 Å². The molecule has 0 spiro atoms. The molecule has 6 atom stereocenters. The second kappa shape index (κ2) is 31.0. The average molecular weight is 1000 g/mol. The molecule has 0 aliphatic carbocycles. The van der Waals surface area contributed by atoms with E-state index in [9.17, 15) is 58.9 Å². The van der Waals surface area contributed by atoms with Crippen LogP contribution in [-0.4, -0.2) is 124 Å². The number of carboxylic acids is 1. The van der Waals surface area contributed by atoms with Gasteiger partial charge in [-0.15, -0.1) is 0 Å². The number of amides is 6. The Kier molecular flexibility index (Phi) is 25.7. The molecule has 18 N–H and O–H groups in total. The summed E-state index contributed by atoms with van der Waals surface area (Å²) in [4.78, 5) is 128. The highest BCUT2D eigenvalue weighted by molar-refractivity contribution is 5.96. The van der Waals surface area contributed by atoms with Gasteiger partial charge in [0.15, 0.2) is 11.9 Å². The molecule has 2 rings (SSSR count). The van der Waals surface area contributed by atoms with Crippen LogP contribution < -0.4 is 66.0 Å². The monoisotopic (exact) mass is 1000 g/mol. The van der Waals surface area contributed by atoms with Gasteiger partial charge in [0.1, 0.15) is 41.9 Å². The number of aliphatic imine (C=N–C) groups is 2. The fourth-order valence-electron chi connectivity index (χ4n) is 6.40. The zero-order valence-corrected chi connectivity index (χ0v) is 39.3. The average Bonchev–Trinajstić information content (AvgIpc) is 3.31. The van der Waals surface area contributed by atoms with Gasteiger partial charge in [0.25, 0.3) is 11.4 Å². The number of non-ortho nitro benzene ring substituents is 1. The Labute approximate surface area is 407 Å². The van der Waals surface area contributed by atoms with E-state index in [1.165, 1.54) is 6.92 Å². The second-order valence-electron chi connectivity index (χ2n) is 15.9. The number of hydroxylamine groups is 1. The molecular formula is C42H64N16O13. The van der Waals surface area contributed by atoms with E-state index in [4.69, 9.17) is 33.5 Å².